The van der Waals surface area contributed by atoms with Crippen LogP contribution >= 0.6 is 0 Å². The second-order valence-electron chi connectivity index (χ2n) is 4.98. The number of rotatable bonds is 4. The molecule has 3 rings (SSSR count). The molecule has 3 aromatic rings. The summed E-state index contributed by atoms with van der Waals surface area (Å²) in [7, 11) is 1.35. The fraction of sp³-hybridized carbons (Fsp3) is 0.118. The van der Waals surface area contributed by atoms with Crippen molar-refractivity contribution in [1.29, 1.82) is 0 Å². The summed E-state index contributed by atoms with van der Waals surface area (Å²) in [4.78, 5) is 15.9. The minimum absolute atomic E-state index is 0.413. The minimum atomic E-state index is -0.421. The number of nitrogens with one attached hydrogen (secondary N) is 1. The molecule has 0 atom stereocenters. The molecule has 0 aliphatic carbocycles. The average molecular weight is 308 g/mol. The van der Waals surface area contributed by atoms with Gasteiger partial charge in [-0.25, -0.2) is 9.48 Å². The van der Waals surface area contributed by atoms with Gasteiger partial charge in [0, 0.05) is 18.0 Å². The van der Waals surface area contributed by atoms with Crippen molar-refractivity contribution in [3.63, 3.8) is 0 Å². The van der Waals surface area contributed by atoms with E-state index in [0.29, 0.717) is 17.1 Å². The van der Waals surface area contributed by atoms with Gasteiger partial charge in [0.2, 0.25) is 0 Å². The number of para-hydroxylation sites is 1. The lowest BCUT2D eigenvalue weighted by Gasteiger charge is -2.08. The lowest BCUT2D eigenvalue weighted by Crippen LogP contribution is -2.06. The quantitative estimate of drug-likeness (QED) is 0.750. The first kappa shape index (κ1) is 14.8. The maximum absolute atomic E-state index is 11.8. The molecule has 23 heavy (non-hydrogen) atoms. The number of benzene rings is 1. The molecular formula is C17H16N4O2. The van der Waals surface area contributed by atoms with E-state index in [-0.39, 0.29) is 0 Å². The van der Waals surface area contributed by atoms with Crippen molar-refractivity contribution in [1.82, 2.24) is 14.8 Å². The van der Waals surface area contributed by atoms with Gasteiger partial charge in [0.1, 0.15) is 0 Å². The SMILES string of the molecule is COC(=O)c1ccncc1Nc1nn(-c2ccccc2)cc1C. The van der Waals surface area contributed by atoms with Crippen molar-refractivity contribution in [2.75, 3.05) is 12.4 Å². The molecule has 0 radical (unpaired) electrons. The Morgan fingerprint density at radius 1 is 1.22 bits per heavy atom. The summed E-state index contributed by atoms with van der Waals surface area (Å²) in [6.07, 6.45) is 5.05. The predicted molar refractivity (Wildman–Crippen MR) is 87.2 cm³/mol. The van der Waals surface area contributed by atoms with Crippen molar-refractivity contribution in [2.24, 2.45) is 0 Å². The molecule has 1 aromatic carbocycles. The molecule has 0 spiro atoms. The Bertz CT molecular complexity index is 828. The van der Waals surface area contributed by atoms with Gasteiger partial charge >= 0.3 is 5.97 Å². The average Bonchev–Trinajstić information content (AvgIpc) is 2.96. The molecule has 0 bridgehead atoms. The molecule has 116 valence electrons. The highest BCUT2D eigenvalue weighted by atomic mass is 16.5. The highest BCUT2D eigenvalue weighted by Crippen LogP contribution is 2.23. The van der Waals surface area contributed by atoms with Gasteiger partial charge in [0.15, 0.2) is 5.82 Å². The topological polar surface area (TPSA) is 69.0 Å². The summed E-state index contributed by atoms with van der Waals surface area (Å²) in [5.74, 6) is 0.238. The monoisotopic (exact) mass is 308 g/mol. The number of ether oxygens (including phenoxy) is 1. The Kier molecular flexibility index (Phi) is 4.05. The molecule has 0 saturated carbocycles. The first-order chi connectivity index (χ1) is 11.2. The number of aryl methyl sites for hydroxylation is 1. The zero-order chi connectivity index (χ0) is 16.2. The predicted octanol–water partition coefficient (Wildman–Crippen LogP) is 3.11. The zero-order valence-corrected chi connectivity index (χ0v) is 12.9. The molecule has 0 aliphatic rings. The van der Waals surface area contributed by atoms with Crippen LogP contribution in [0.4, 0.5) is 11.5 Å². The van der Waals surface area contributed by atoms with Gasteiger partial charge in [-0.15, -0.1) is 5.10 Å². The number of nitrogens with zero attached hydrogens (tertiary/aromatic N) is 3. The maximum Gasteiger partial charge on any atom is 0.340 e. The molecule has 2 aromatic heterocycles. The molecule has 0 aliphatic heterocycles. The summed E-state index contributed by atoms with van der Waals surface area (Å²) < 4.78 is 6.57. The standard InChI is InChI=1S/C17H16N4O2/c1-12-11-21(13-6-4-3-5-7-13)20-16(12)19-15-10-18-9-8-14(15)17(22)23-2/h3-11H,1-2H3,(H,19,20). The number of aromatic nitrogens is 3. The molecule has 0 fully saturated rings. The van der Waals surface area contributed by atoms with Gasteiger partial charge < -0.3 is 10.1 Å². The summed E-state index contributed by atoms with van der Waals surface area (Å²) >= 11 is 0. The Balaban J connectivity index is 1.93. The van der Waals surface area contributed by atoms with Gasteiger partial charge in [-0.05, 0) is 25.1 Å². The third-order valence-corrected chi connectivity index (χ3v) is 3.40. The fourth-order valence-corrected chi connectivity index (χ4v) is 2.21. The van der Waals surface area contributed by atoms with E-state index < -0.39 is 5.97 Å². The van der Waals surface area contributed by atoms with Gasteiger partial charge in [0.25, 0.3) is 0 Å². The van der Waals surface area contributed by atoms with Crippen molar-refractivity contribution >= 4 is 17.5 Å². The summed E-state index contributed by atoms with van der Waals surface area (Å²) in [5.41, 5.74) is 2.88. The van der Waals surface area contributed by atoms with Crippen LogP contribution in [-0.4, -0.2) is 27.8 Å². The van der Waals surface area contributed by atoms with Crippen LogP contribution in [0.25, 0.3) is 5.69 Å². The Labute approximate surface area is 133 Å². The minimum Gasteiger partial charge on any atom is -0.465 e. The van der Waals surface area contributed by atoms with Crippen molar-refractivity contribution in [3.05, 3.63) is 66.1 Å². The van der Waals surface area contributed by atoms with E-state index in [0.717, 1.165) is 11.3 Å². The summed E-state index contributed by atoms with van der Waals surface area (Å²) in [5, 5.41) is 7.68. The van der Waals surface area contributed by atoms with E-state index in [2.05, 4.69) is 15.4 Å². The summed E-state index contributed by atoms with van der Waals surface area (Å²) in [6.45, 7) is 1.95. The summed E-state index contributed by atoms with van der Waals surface area (Å²) in [6, 6.07) is 11.4. The van der Waals surface area contributed by atoms with Crippen LogP contribution in [0.1, 0.15) is 15.9 Å². The number of anilines is 2. The number of hydrogen-bond acceptors (Lipinski definition) is 5. The van der Waals surface area contributed by atoms with E-state index >= 15 is 0 Å². The van der Waals surface area contributed by atoms with Crippen molar-refractivity contribution in [2.45, 2.75) is 6.92 Å². The van der Waals surface area contributed by atoms with Crippen molar-refractivity contribution in [3.8, 4) is 5.69 Å². The van der Waals surface area contributed by atoms with Crippen LogP contribution in [0.15, 0.2) is 55.0 Å². The van der Waals surface area contributed by atoms with Crippen LogP contribution in [0.5, 0.6) is 0 Å². The zero-order valence-electron chi connectivity index (χ0n) is 12.9. The lowest BCUT2D eigenvalue weighted by atomic mass is 10.2. The number of methoxy groups -OCH3 is 1. The Hall–Kier alpha value is -3.15. The molecule has 6 heteroatoms. The number of pyridine rings is 1. The van der Waals surface area contributed by atoms with Crippen LogP contribution in [-0.2, 0) is 4.74 Å². The maximum atomic E-state index is 11.8. The molecular weight excluding hydrogens is 292 g/mol. The number of carbonyl (C=O) groups is 1. The highest BCUT2D eigenvalue weighted by molar-refractivity contribution is 5.96. The normalized spacial score (nSPS) is 10.3. The van der Waals surface area contributed by atoms with E-state index in [4.69, 9.17) is 4.74 Å². The van der Waals surface area contributed by atoms with Crippen LogP contribution in [0.2, 0.25) is 0 Å². The van der Waals surface area contributed by atoms with Gasteiger partial charge in [-0.2, -0.15) is 0 Å². The van der Waals surface area contributed by atoms with E-state index in [1.165, 1.54) is 7.11 Å². The number of hydrogen-bond donors (Lipinski definition) is 1. The van der Waals surface area contributed by atoms with Gasteiger partial charge in [-0.3, -0.25) is 4.98 Å². The van der Waals surface area contributed by atoms with E-state index in [1.807, 2.05) is 43.5 Å². The molecule has 2 heterocycles. The first-order valence-electron chi connectivity index (χ1n) is 7.10. The van der Waals surface area contributed by atoms with E-state index in [1.54, 1.807) is 23.1 Å². The second-order valence-corrected chi connectivity index (χ2v) is 4.98. The van der Waals surface area contributed by atoms with Crippen LogP contribution in [0, 0.1) is 6.92 Å². The first-order valence-corrected chi connectivity index (χ1v) is 7.10. The molecule has 6 nitrogen and oxygen atoms in total. The molecule has 0 unspecified atom stereocenters. The van der Waals surface area contributed by atoms with Gasteiger partial charge in [0.05, 0.1) is 30.2 Å². The Morgan fingerprint density at radius 2 is 2.00 bits per heavy atom. The molecule has 1 N–H and O–H groups in total. The number of esters is 1. The molecule has 0 amide bonds. The fourth-order valence-electron chi connectivity index (χ4n) is 2.21. The smallest absolute Gasteiger partial charge is 0.340 e. The highest BCUT2D eigenvalue weighted by Gasteiger charge is 2.14. The third kappa shape index (κ3) is 3.06. The Morgan fingerprint density at radius 3 is 2.74 bits per heavy atom. The largest absolute Gasteiger partial charge is 0.465 e. The lowest BCUT2D eigenvalue weighted by molar-refractivity contribution is 0.0602. The van der Waals surface area contributed by atoms with Crippen LogP contribution < -0.4 is 5.32 Å². The second kappa shape index (κ2) is 6.31. The van der Waals surface area contributed by atoms with Crippen LogP contribution in [0.3, 0.4) is 0 Å². The number of carbonyl (C=O) groups excluding carboxylic acids is 1. The molecule has 0 saturated heterocycles. The third-order valence-electron chi connectivity index (χ3n) is 3.40. The van der Waals surface area contributed by atoms with Gasteiger partial charge in [-0.1, -0.05) is 18.2 Å². The van der Waals surface area contributed by atoms with Crippen molar-refractivity contribution < 1.29 is 9.53 Å². The van der Waals surface area contributed by atoms with E-state index in [9.17, 15) is 4.79 Å².